The first kappa shape index (κ1) is 18.4. The standard InChI is InChI=1S/C12H27N3.HI/c1-6-8-9-10-14-11(13-7-2)15-12(3,4)5;/h6-10H2,1-5H3,(H2,13,14,15);1H. The first-order valence-electron chi connectivity index (χ1n) is 6.06. The number of rotatable bonds is 5. The van der Waals surface area contributed by atoms with Crippen LogP contribution in [0.5, 0.6) is 0 Å². The van der Waals surface area contributed by atoms with Gasteiger partial charge in [0.05, 0.1) is 0 Å². The third-order valence-electron chi connectivity index (χ3n) is 1.87. The van der Waals surface area contributed by atoms with Crippen LogP contribution in [-0.4, -0.2) is 24.6 Å². The Morgan fingerprint density at radius 2 is 1.75 bits per heavy atom. The van der Waals surface area contributed by atoms with Gasteiger partial charge in [-0.3, -0.25) is 4.99 Å². The first-order valence-corrected chi connectivity index (χ1v) is 6.06. The number of guanidine groups is 1. The highest BCUT2D eigenvalue weighted by Gasteiger charge is 2.10. The Balaban J connectivity index is 0. The molecule has 0 unspecified atom stereocenters. The maximum Gasteiger partial charge on any atom is 0.191 e. The largest absolute Gasteiger partial charge is 0.357 e. The van der Waals surface area contributed by atoms with Crippen LogP contribution >= 0.6 is 24.0 Å². The molecular formula is C12H28IN3. The molecule has 0 radical (unpaired) electrons. The summed E-state index contributed by atoms with van der Waals surface area (Å²) in [6, 6.07) is 0. The van der Waals surface area contributed by atoms with E-state index in [9.17, 15) is 0 Å². The van der Waals surface area contributed by atoms with Gasteiger partial charge in [-0.05, 0) is 34.1 Å². The van der Waals surface area contributed by atoms with Gasteiger partial charge in [0.1, 0.15) is 0 Å². The Kier molecular flexibility index (Phi) is 11.7. The van der Waals surface area contributed by atoms with Crippen LogP contribution in [0.4, 0.5) is 0 Å². The molecule has 3 nitrogen and oxygen atoms in total. The minimum absolute atomic E-state index is 0. The van der Waals surface area contributed by atoms with Crippen LogP contribution in [-0.2, 0) is 0 Å². The molecule has 0 rings (SSSR count). The molecule has 2 N–H and O–H groups in total. The number of aliphatic imine (C=N–C) groups is 1. The summed E-state index contributed by atoms with van der Waals surface area (Å²) in [5.74, 6) is 0.932. The normalized spacial score (nSPS) is 11.9. The van der Waals surface area contributed by atoms with E-state index in [0.717, 1.165) is 19.0 Å². The van der Waals surface area contributed by atoms with Gasteiger partial charge in [-0.15, -0.1) is 24.0 Å². The van der Waals surface area contributed by atoms with Gasteiger partial charge in [0.2, 0.25) is 0 Å². The van der Waals surface area contributed by atoms with E-state index in [1.54, 1.807) is 0 Å². The van der Waals surface area contributed by atoms with Gasteiger partial charge in [-0.2, -0.15) is 0 Å². The Labute approximate surface area is 118 Å². The Bertz CT molecular complexity index is 185. The summed E-state index contributed by atoms with van der Waals surface area (Å²) in [4.78, 5) is 4.53. The number of unbranched alkanes of at least 4 members (excludes halogenated alkanes) is 2. The highest BCUT2D eigenvalue weighted by molar-refractivity contribution is 14.0. The van der Waals surface area contributed by atoms with Crippen LogP contribution < -0.4 is 10.6 Å². The zero-order chi connectivity index (χ0) is 11.7. The molecule has 16 heavy (non-hydrogen) atoms. The molecule has 0 saturated heterocycles. The van der Waals surface area contributed by atoms with Crippen molar-refractivity contribution in [2.24, 2.45) is 4.99 Å². The molecule has 0 aliphatic rings. The van der Waals surface area contributed by atoms with Crippen molar-refractivity contribution < 1.29 is 0 Å². The number of nitrogens with one attached hydrogen (secondary N) is 2. The molecule has 0 aromatic heterocycles. The molecule has 98 valence electrons. The number of hydrogen-bond acceptors (Lipinski definition) is 1. The smallest absolute Gasteiger partial charge is 0.191 e. The second kappa shape index (κ2) is 10.2. The van der Waals surface area contributed by atoms with Gasteiger partial charge in [0.15, 0.2) is 5.96 Å². The minimum Gasteiger partial charge on any atom is -0.357 e. The molecular weight excluding hydrogens is 313 g/mol. The fourth-order valence-corrected chi connectivity index (χ4v) is 1.21. The third-order valence-corrected chi connectivity index (χ3v) is 1.87. The lowest BCUT2D eigenvalue weighted by Gasteiger charge is -2.23. The fourth-order valence-electron chi connectivity index (χ4n) is 1.21. The lowest BCUT2D eigenvalue weighted by molar-refractivity contribution is 0.501. The van der Waals surface area contributed by atoms with Crippen molar-refractivity contribution in [1.29, 1.82) is 0 Å². The SMILES string of the molecule is CCCCCN=C(NCC)NC(C)(C)C.I. The quantitative estimate of drug-likeness (QED) is 0.349. The van der Waals surface area contributed by atoms with E-state index < -0.39 is 0 Å². The van der Waals surface area contributed by atoms with E-state index in [0.29, 0.717) is 0 Å². The summed E-state index contributed by atoms with van der Waals surface area (Å²) in [7, 11) is 0. The summed E-state index contributed by atoms with van der Waals surface area (Å²) >= 11 is 0. The summed E-state index contributed by atoms with van der Waals surface area (Å²) in [6.45, 7) is 12.6. The Morgan fingerprint density at radius 1 is 1.12 bits per heavy atom. The van der Waals surface area contributed by atoms with E-state index >= 15 is 0 Å². The van der Waals surface area contributed by atoms with Crippen LogP contribution in [0.25, 0.3) is 0 Å². The molecule has 0 bridgehead atoms. The second-order valence-corrected chi connectivity index (χ2v) is 4.84. The number of hydrogen-bond donors (Lipinski definition) is 2. The molecule has 0 spiro atoms. The van der Waals surface area contributed by atoms with Crippen molar-refractivity contribution in [3.8, 4) is 0 Å². The lowest BCUT2D eigenvalue weighted by atomic mass is 10.1. The van der Waals surface area contributed by atoms with E-state index in [-0.39, 0.29) is 29.5 Å². The number of halogens is 1. The van der Waals surface area contributed by atoms with Crippen LogP contribution in [0.15, 0.2) is 4.99 Å². The molecule has 0 amide bonds. The van der Waals surface area contributed by atoms with Crippen molar-refractivity contribution in [1.82, 2.24) is 10.6 Å². The van der Waals surface area contributed by atoms with Gasteiger partial charge >= 0.3 is 0 Å². The molecule has 0 aliphatic heterocycles. The molecule has 0 fully saturated rings. The summed E-state index contributed by atoms with van der Waals surface area (Å²) in [6.07, 6.45) is 3.69. The van der Waals surface area contributed by atoms with Crippen molar-refractivity contribution in [2.45, 2.75) is 59.4 Å². The fraction of sp³-hybridized carbons (Fsp3) is 0.917. The Hall–Kier alpha value is 0. The molecule has 0 saturated carbocycles. The van der Waals surface area contributed by atoms with Gasteiger partial charge in [-0.25, -0.2) is 0 Å². The molecule has 0 aromatic rings. The van der Waals surface area contributed by atoms with Gasteiger partial charge in [0, 0.05) is 18.6 Å². The molecule has 0 aliphatic carbocycles. The van der Waals surface area contributed by atoms with E-state index in [4.69, 9.17) is 0 Å². The maximum atomic E-state index is 4.53. The molecule has 4 heteroatoms. The highest BCUT2D eigenvalue weighted by atomic mass is 127. The predicted molar refractivity (Wildman–Crippen MR) is 83.8 cm³/mol. The van der Waals surface area contributed by atoms with Crippen molar-refractivity contribution in [3.05, 3.63) is 0 Å². The van der Waals surface area contributed by atoms with Crippen molar-refractivity contribution >= 4 is 29.9 Å². The molecule has 0 aromatic carbocycles. The summed E-state index contributed by atoms with van der Waals surface area (Å²) in [5, 5.41) is 6.63. The number of nitrogens with zero attached hydrogens (tertiary/aromatic N) is 1. The summed E-state index contributed by atoms with van der Waals surface area (Å²) < 4.78 is 0. The molecule has 0 atom stereocenters. The van der Waals surface area contributed by atoms with E-state index in [2.05, 4.69) is 50.2 Å². The zero-order valence-electron chi connectivity index (χ0n) is 11.4. The van der Waals surface area contributed by atoms with Gasteiger partial charge < -0.3 is 10.6 Å². The van der Waals surface area contributed by atoms with Crippen molar-refractivity contribution in [3.63, 3.8) is 0 Å². The van der Waals surface area contributed by atoms with Crippen LogP contribution in [0.3, 0.4) is 0 Å². The minimum atomic E-state index is 0. The zero-order valence-corrected chi connectivity index (χ0v) is 13.7. The van der Waals surface area contributed by atoms with Crippen LogP contribution in [0, 0.1) is 0 Å². The average molecular weight is 341 g/mol. The topological polar surface area (TPSA) is 36.4 Å². The maximum absolute atomic E-state index is 4.53. The van der Waals surface area contributed by atoms with E-state index in [1.165, 1.54) is 19.3 Å². The van der Waals surface area contributed by atoms with Crippen LogP contribution in [0.2, 0.25) is 0 Å². The molecule has 0 heterocycles. The monoisotopic (exact) mass is 341 g/mol. The Morgan fingerprint density at radius 3 is 2.19 bits per heavy atom. The highest BCUT2D eigenvalue weighted by Crippen LogP contribution is 1.99. The predicted octanol–water partition coefficient (Wildman–Crippen LogP) is 3.15. The lowest BCUT2D eigenvalue weighted by Crippen LogP contribution is -2.47. The summed E-state index contributed by atoms with van der Waals surface area (Å²) in [5.41, 5.74) is 0.0752. The van der Waals surface area contributed by atoms with Gasteiger partial charge in [-0.1, -0.05) is 19.8 Å². The first-order chi connectivity index (χ1) is 6.99. The van der Waals surface area contributed by atoms with E-state index in [1.807, 2.05) is 0 Å². The average Bonchev–Trinajstić information content (AvgIpc) is 2.10. The van der Waals surface area contributed by atoms with Crippen molar-refractivity contribution in [2.75, 3.05) is 13.1 Å². The second-order valence-electron chi connectivity index (χ2n) is 4.84. The van der Waals surface area contributed by atoms with Crippen LogP contribution in [0.1, 0.15) is 53.9 Å². The third kappa shape index (κ3) is 12.1. The van der Waals surface area contributed by atoms with Gasteiger partial charge in [0.25, 0.3) is 0 Å².